The fourth-order valence-corrected chi connectivity index (χ4v) is 4.89. The van der Waals surface area contributed by atoms with Crippen LogP contribution in [0, 0.1) is 0 Å². The van der Waals surface area contributed by atoms with Gasteiger partial charge in [0.1, 0.15) is 11.5 Å². The minimum Gasteiger partial charge on any atom is -0.367 e. The van der Waals surface area contributed by atoms with Gasteiger partial charge in [0.25, 0.3) is 0 Å². The number of fused-ring (bicyclic) bond motifs is 1. The molecule has 0 saturated carbocycles. The molecule has 6 nitrogen and oxygen atoms in total. The van der Waals surface area contributed by atoms with Gasteiger partial charge in [-0.3, -0.25) is 0 Å². The van der Waals surface area contributed by atoms with Crippen LogP contribution in [0.3, 0.4) is 0 Å². The van der Waals surface area contributed by atoms with E-state index >= 15 is 0 Å². The second kappa shape index (κ2) is 9.37. The highest BCUT2D eigenvalue weighted by Gasteiger charge is 2.20. The first-order valence-electron chi connectivity index (χ1n) is 11.9. The van der Waals surface area contributed by atoms with Crippen LogP contribution in [-0.2, 0) is 6.54 Å². The molecule has 1 N–H and O–H groups in total. The maximum Gasteiger partial charge on any atom is 0.163 e. The number of hydrogen-bond donors (Lipinski definition) is 1. The van der Waals surface area contributed by atoms with E-state index in [1.54, 1.807) is 0 Å². The first-order chi connectivity index (χ1) is 15.3. The maximum absolute atomic E-state index is 5.01. The molecule has 3 aromatic rings. The van der Waals surface area contributed by atoms with Gasteiger partial charge in [0.15, 0.2) is 5.82 Å². The molecule has 0 aliphatic carbocycles. The van der Waals surface area contributed by atoms with Crippen LogP contribution >= 0.6 is 0 Å². The fourth-order valence-electron chi connectivity index (χ4n) is 4.89. The number of aryl methyl sites for hydroxylation is 1. The third-order valence-electron chi connectivity index (χ3n) is 6.78. The van der Waals surface area contributed by atoms with Crippen molar-refractivity contribution in [2.75, 3.05) is 45.1 Å². The van der Waals surface area contributed by atoms with Crippen LogP contribution in [-0.4, -0.2) is 70.1 Å². The molecule has 5 rings (SSSR count). The monoisotopic (exact) mass is 418 g/mol. The number of nitrogens with one attached hydrogen (secondary N) is 1. The minimum atomic E-state index is 0.469. The highest BCUT2D eigenvalue weighted by atomic mass is 15.2. The zero-order valence-electron chi connectivity index (χ0n) is 18.6. The van der Waals surface area contributed by atoms with Gasteiger partial charge in [-0.2, -0.15) is 0 Å². The summed E-state index contributed by atoms with van der Waals surface area (Å²) in [7, 11) is 2.20. The maximum atomic E-state index is 5.01. The van der Waals surface area contributed by atoms with E-state index < -0.39 is 0 Å². The predicted molar refractivity (Wildman–Crippen MR) is 127 cm³/mol. The Labute approximate surface area is 185 Å². The van der Waals surface area contributed by atoms with E-state index in [1.807, 2.05) is 6.07 Å². The van der Waals surface area contributed by atoms with E-state index in [2.05, 4.69) is 63.3 Å². The molecule has 0 unspecified atom stereocenters. The molecule has 6 heteroatoms. The van der Waals surface area contributed by atoms with Crippen LogP contribution in [0.25, 0.3) is 22.4 Å². The highest BCUT2D eigenvalue weighted by molar-refractivity contribution is 5.89. The van der Waals surface area contributed by atoms with Crippen LogP contribution in [0.5, 0.6) is 0 Å². The Kier molecular flexibility index (Phi) is 6.18. The zero-order valence-corrected chi connectivity index (χ0v) is 18.6. The normalized spacial score (nSPS) is 18.7. The van der Waals surface area contributed by atoms with E-state index in [-0.39, 0.29) is 0 Å². The van der Waals surface area contributed by atoms with Gasteiger partial charge in [-0.05, 0) is 77.9 Å². The van der Waals surface area contributed by atoms with Crippen molar-refractivity contribution in [1.82, 2.24) is 24.3 Å². The standard InChI is InChI=1S/C25H34N6/c1-29-17-10-21(11-18-29)26-24-22-12-19-31(16-7-15-30-13-5-6-14-30)25(22)28-23(27-24)20-8-3-2-4-9-20/h2-4,8-9,12,19,21H,5-7,10-11,13-18H2,1H3,(H,26,27,28). The number of likely N-dealkylation sites (tertiary alicyclic amines) is 2. The molecule has 0 radical (unpaired) electrons. The second-order valence-electron chi connectivity index (χ2n) is 9.13. The molecule has 2 fully saturated rings. The van der Waals surface area contributed by atoms with Gasteiger partial charge in [-0.15, -0.1) is 0 Å². The SMILES string of the molecule is CN1CCC(Nc2nc(-c3ccccc3)nc3c2ccn3CCCN2CCCC2)CC1. The van der Waals surface area contributed by atoms with E-state index in [4.69, 9.17) is 9.97 Å². The molecular weight excluding hydrogens is 384 g/mol. The lowest BCUT2D eigenvalue weighted by atomic mass is 10.1. The molecule has 2 aliphatic rings. The van der Waals surface area contributed by atoms with Crippen molar-refractivity contribution < 1.29 is 0 Å². The molecule has 2 aliphatic heterocycles. The summed E-state index contributed by atoms with van der Waals surface area (Å²) >= 11 is 0. The molecule has 1 aromatic carbocycles. The van der Waals surface area contributed by atoms with Gasteiger partial charge in [-0.25, -0.2) is 9.97 Å². The summed E-state index contributed by atoms with van der Waals surface area (Å²) < 4.78 is 2.32. The van der Waals surface area contributed by atoms with Crippen LogP contribution in [0.15, 0.2) is 42.6 Å². The van der Waals surface area contributed by atoms with Crippen molar-refractivity contribution in [2.24, 2.45) is 0 Å². The lowest BCUT2D eigenvalue weighted by molar-refractivity contribution is 0.264. The van der Waals surface area contributed by atoms with Crippen molar-refractivity contribution >= 4 is 16.9 Å². The summed E-state index contributed by atoms with van der Waals surface area (Å²) in [5, 5.41) is 4.91. The number of benzene rings is 1. The van der Waals surface area contributed by atoms with E-state index in [9.17, 15) is 0 Å². The summed E-state index contributed by atoms with van der Waals surface area (Å²) in [6.45, 7) is 6.97. The van der Waals surface area contributed by atoms with Gasteiger partial charge >= 0.3 is 0 Å². The molecule has 2 aromatic heterocycles. The number of anilines is 1. The topological polar surface area (TPSA) is 49.2 Å². The summed E-state index contributed by atoms with van der Waals surface area (Å²) in [5.41, 5.74) is 2.12. The van der Waals surface area contributed by atoms with Crippen molar-refractivity contribution in [3.63, 3.8) is 0 Å². The third kappa shape index (κ3) is 4.75. The summed E-state index contributed by atoms with van der Waals surface area (Å²) in [6, 6.07) is 13.0. The largest absolute Gasteiger partial charge is 0.367 e. The molecule has 31 heavy (non-hydrogen) atoms. The van der Waals surface area contributed by atoms with Gasteiger partial charge in [0.05, 0.1) is 5.39 Å². The Hall–Kier alpha value is -2.44. The van der Waals surface area contributed by atoms with Gasteiger partial charge in [-0.1, -0.05) is 30.3 Å². The molecule has 4 heterocycles. The Bertz CT molecular complexity index is 984. The Morgan fingerprint density at radius 1 is 0.935 bits per heavy atom. The molecule has 2 saturated heterocycles. The average molecular weight is 419 g/mol. The molecule has 164 valence electrons. The molecule has 0 bridgehead atoms. The Balaban J connectivity index is 1.42. The number of hydrogen-bond acceptors (Lipinski definition) is 5. The predicted octanol–water partition coefficient (Wildman–Crippen LogP) is 4.09. The Morgan fingerprint density at radius 3 is 2.48 bits per heavy atom. The summed E-state index contributed by atoms with van der Waals surface area (Å²) in [5.74, 6) is 1.79. The first kappa shape index (κ1) is 20.5. The van der Waals surface area contributed by atoms with Crippen molar-refractivity contribution in [3.05, 3.63) is 42.6 Å². The smallest absolute Gasteiger partial charge is 0.163 e. The number of piperidine rings is 1. The second-order valence-corrected chi connectivity index (χ2v) is 9.13. The van der Waals surface area contributed by atoms with Gasteiger partial charge in [0.2, 0.25) is 0 Å². The average Bonchev–Trinajstić information content (AvgIpc) is 3.46. The molecular formula is C25H34N6. The third-order valence-corrected chi connectivity index (χ3v) is 6.78. The summed E-state index contributed by atoms with van der Waals surface area (Å²) in [6.07, 6.45) is 8.36. The number of nitrogens with zero attached hydrogens (tertiary/aromatic N) is 5. The van der Waals surface area contributed by atoms with Crippen molar-refractivity contribution in [3.8, 4) is 11.4 Å². The fraction of sp³-hybridized carbons (Fsp3) is 0.520. The summed E-state index contributed by atoms with van der Waals surface area (Å²) in [4.78, 5) is 15.0. The lowest BCUT2D eigenvalue weighted by Gasteiger charge is -2.30. The van der Waals surface area contributed by atoms with Crippen molar-refractivity contribution in [2.45, 2.75) is 44.7 Å². The van der Waals surface area contributed by atoms with Crippen LogP contribution < -0.4 is 5.32 Å². The van der Waals surface area contributed by atoms with Crippen molar-refractivity contribution in [1.29, 1.82) is 0 Å². The van der Waals surface area contributed by atoms with Crippen LogP contribution in [0.2, 0.25) is 0 Å². The van der Waals surface area contributed by atoms with E-state index in [1.165, 1.54) is 32.5 Å². The number of aromatic nitrogens is 3. The van der Waals surface area contributed by atoms with Crippen LogP contribution in [0.4, 0.5) is 5.82 Å². The Morgan fingerprint density at radius 2 is 1.71 bits per heavy atom. The molecule has 0 spiro atoms. The first-order valence-corrected chi connectivity index (χ1v) is 11.9. The van der Waals surface area contributed by atoms with E-state index in [0.29, 0.717) is 6.04 Å². The lowest BCUT2D eigenvalue weighted by Crippen LogP contribution is -2.36. The molecule has 0 atom stereocenters. The van der Waals surface area contributed by atoms with Gasteiger partial charge < -0.3 is 19.7 Å². The highest BCUT2D eigenvalue weighted by Crippen LogP contribution is 2.28. The minimum absolute atomic E-state index is 0.469. The number of rotatable bonds is 7. The van der Waals surface area contributed by atoms with Crippen LogP contribution in [0.1, 0.15) is 32.1 Å². The molecule has 0 amide bonds. The quantitative estimate of drug-likeness (QED) is 0.626. The van der Waals surface area contributed by atoms with Gasteiger partial charge in [0, 0.05) is 24.3 Å². The zero-order chi connectivity index (χ0) is 21.0. The van der Waals surface area contributed by atoms with E-state index in [0.717, 1.165) is 67.1 Å².